The zero-order valence-electron chi connectivity index (χ0n) is 29.7. The fourth-order valence-electron chi connectivity index (χ4n) is 6.82. The van der Waals surface area contributed by atoms with E-state index in [9.17, 15) is 14.4 Å². The first-order chi connectivity index (χ1) is 24.8. The molecule has 2 heterocycles. The Morgan fingerprint density at radius 3 is 2.51 bits per heavy atom. The summed E-state index contributed by atoms with van der Waals surface area (Å²) in [6.45, 7) is 2.10. The standard InChI is InChI=1S/C40H51ClN6O3S/c1-43-21-10-8-18-34-36(48)23-27(12-7-9-20-42)40(50)47(2)35(22-30-26-44-33-17-5-4-15-31(30)33)39(49)46-25-29-14-11-16-32(41)38(29)51-37-19-6-3-13-28(37)24-45-34/h3-6,11,13-17,19,26-27,34-35,43-45H,7-10,12,18,20-25,42H2,1-2H3,(H,46,49)/t27-,34+,35+/m1/s1. The van der Waals surface area contributed by atoms with Gasteiger partial charge < -0.3 is 31.6 Å². The maximum Gasteiger partial charge on any atom is 0.243 e. The highest BCUT2D eigenvalue weighted by molar-refractivity contribution is 7.99. The molecule has 2 amide bonds. The van der Waals surface area contributed by atoms with Gasteiger partial charge in [-0.3, -0.25) is 14.4 Å². The number of Topliss-reactive ketones (excluding diaryl/α,β-unsaturated/α-hetero) is 1. The highest BCUT2D eigenvalue weighted by Gasteiger charge is 2.34. The summed E-state index contributed by atoms with van der Waals surface area (Å²) >= 11 is 8.38. The van der Waals surface area contributed by atoms with E-state index in [4.69, 9.17) is 17.3 Å². The number of H-pyrrole nitrogens is 1. The van der Waals surface area contributed by atoms with Gasteiger partial charge in [-0.15, -0.1) is 0 Å². The summed E-state index contributed by atoms with van der Waals surface area (Å²) in [6.07, 6.45) is 6.77. The van der Waals surface area contributed by atoms with Crippen LogP contribution in [0.1, 0.15) is 61.6 Å². The average Bonchev–Trinajstić information content (AvgIpc) is 3.55. The van der Waals surface area contributed by atoms with Gasteiger partial charge >= 0.3 is 0 Å². The minimum atomic E-state index is -0.814. The van der Waals surface area contributed by atoms with Crippen molar-refractivity contribution in [2.75, 3.05) is 27.2 Å². The number of rotatable bonds is 11. The van der Waals surface area contributed by atoms with Crippen LogP contribution in [-0.4, -0.2) is 66.8 Å². The summed E-state index contributed by atoms with van der Waals surface area (Å²) in [6, 6.07) is 20.5. The molecule has 11 heteroatoms. The van der Waals surface area contributed by atoms with Crippen molar-refractivity contribution in [1.82, 2.24) is 25.8 Å². The third-order valence-corrected chi connectivity index (χ3v) is 11.5. The lowest BCUT2D eigenvalue weighted by atomic mass is 9.90. The molecule has 9 nitrogen and oxygen atoms in total. The van der Waals surface area contributed by atoms with Gasteiger partial charge in [-0.2, -0.15) is 0 Å². The second-order valence-corrected chi connectivity index (χ2v) is 14.8. The fraction of sp³-hybridized carbons (Fsp3) is 0.425. The molecule has 1 aliphatic heterocycles. The van der Waals surface area contributed by atoms with E-state index in [-0.39, 0.29) is 30.6 Å². The number of hydrogen-bond donors (Lipinski definition) is 5. The predicted octanol–water partition coefficient (Wildman–Crippen LogP) is 6.22. The highest BCUT2D eigenvalue weighted by atomic mass is 35.5. The smallest absolute Gasteiger partial charge is 0.243 e. The van der Waals surface area contributed by atoms with E-state index in [0.717, 1.165) is 69.6 Å². The number of nitrogens with zero attached hydrogens (tertiary/aromatic N) is 1. The maximum atomic E-state index is 14.5. The average molecular weight is 731 g/mol. The number of halogens is 1. The number of aromatic nitrogens is 1. The Morgan fingerprint density at radius 1 is 0.922 bits per heavy atom. The van der Waals surface area contributed by atoms with Crippen molar-refractivity contribution in [3.05, 3.63) is 94.6 Å². The number of likely N-dealkylation sites (N-methyl/N-ethyl adjacent to an activating group) is 1. The SMILES string of the molecule is CNCCCC[C@@H]1NCc2ccccc2Sc2c(Cl)cccc2CNC(=O)[C@H](Cc2c[nH]c3ccccc23)N(C)C(=O)[C@H](CCCCN)CC1=O. The number of para-hydroxylation sites is 1. The van der Waals surface area contributed by atoms with E-state index in [0.29, 0.717) is 37.4 Å². The molecule has 51 heavy (non-hydrogen) atoms. The van der Waals surface area contributed by atoms with Crippen LogP contribution < -0.4 is 21.7 Å². The van der Waals surface area contributed by atoms with Crippen LogP contribution in [-0.2, 0) is 33.9 Å². The molecule has 272 valence electrons. The van der Waals surface area contributed by atoms with Crippen molar-refractivity contribution in [3.63, 3.8) is 0 Å². The van der Waals surface area contributed by atoms with Gasteiger partial charge in [0.25, 0.3) is 0 Å². The number of carbonyl (C=O) groups excluding carboxylic acids is 3. The first kappa shape index (κ1) is 38.6. The Bertz CT molecular complexity index is 1780. The minimum absolute atomic E-state index is 0.0134. The lowest BCUT2D eigenvalue weighted by Gasteiger charge is -2.31. The van der Waals surface area contributed by atoms with Crippen molar-refractivity contribution >= 4 is 51.9 Å². The number of ketones is 1. The van der Waals surface area contributed by atoms with Crippen molar-refractivity contribution < 1.29 is 14.4 Å². The molecular weight excluding hydrogens is 680 g/mol. The number of nitrogens with two attached hydrogens (primary N) is 1. The zero-order chi connectivity index (χ0) is 36.2. The predicted molar refractivity (Wildman–Crippen MR) is 207 cm³/mol. The Morgan fingerprint density at radius 2 is 1.69 bits per heavy atom. The van der Waals surface area contributed by atoms with Gasteiger partial charge in [-0.25, -0.2) is 0 Å². The summed E-state index contributed by atoms with van der Waals surface area (Å²) in [5.74, 6) is -1.04. The number of hydrogen-bond acceptors (Lipinski definition) is 7. The van der Waals surface area contributed by atoms with Gasteiger partial charge in [-0.1, -0.05) is 84.7 Å². The van der Waals surface area contributed by atoms with Crippen LogP contribution in [0.15, 0.2) is 82.7 Å². The van der Waals surface area contributed by atoms with E-state index >= 15 is 0 Å². The molecular formula is C40H51ClN6O3S. The highest BCUT2D eigenvalue weighted by Crippen LogP contribution is 2.38. The Balaban J connectivity index is 1.54. The third kappa shape index (κ3) is 10.2. The summed E-state index contributed by atoms with van der Waals surface area (Å²) in [4.78, 5) is 49.7. The molecule has 3 aromatic carbocycles. The van der Waals surface area contributed by atoms with Gasteiger partial charge in [0.1, 0.15) is 6.04 Å². The van der Waals surface area contributed by atoms with Crippen molar-refractivity contribution in [2.45, 2.75) is 86.3 Å². The van der Waals surface area contributed by atoms with Crippen LogP contribution in [0.4, 0.5) is 0 Å². The summed E-state index contributed by atoms with van der Waals surface area (Å²) in [5.41, 5.74) is 9.67. The molecule has 5 rings (SSSR count). The fourth-order valence-corrected chi connectivity index (χ4v) is 8.20. The molecule has 6 N–H and O–H groups in total. The monoisotopic (exact) mass is 730 g/mol. The lowest BCUT2D eigenvalue weighted by Crippen LogP contribution is -2.51. The number of nitrogens with one attached hydrogen (secondary N) is 4. The van der Waals surface area contributed by atoms with E-state index in [1.165, 1.54) is 0 Å². The maximum absolute atomic E-state index is 14.5. The summed E-state index contributed by atoms with van der Waals surface area (Å²) < 4.78 is 0. The molecule has 0 fully saturated rings. The van der Waals surface area contributed by atoms with Gasteiger partial charge in [0.15, 0.2) is 5.78 Å². The topological polar surface area (TPSA) is 132 Å². The van der Waals surface area contributed by atoms with Crippen LogP contribution in [0, 0.1) is 5.92 Å². The summed E-state index contributed by atoms with van der Waals surface area (Å²) in [5, 5.41) is 11.5. The quantitative estimate of drug-likeness (QED) is 0.116. The van der Waals surface area contributed by atoms with E-state index < -0.39 is 18.0 Å². The van der Waals surface area contributed by atoms with Crippen molar-refractivity contribution in [2.24, 2.45) is 11.7 Å². The zero-order valence-corrected chi connectivity index (χ0v) is 31.3. The number of unbranched alkanes of at least 4 members (excludes halogenated alkanes) is 2. The minimum Gasteiger partial charge on any atom is -0.361 e. The van der Waals surface area contributed by atoms with Crippen molar-refractivity contribution in [1.29, 1.82) is 0 Å². The molecule has 0 spiro atoms. The second-order valence-electron chi connectivity index (χ2n) is 13.4. The van der Waals surface area contributed by atoms with Crippen LogP contribution in [0.3, 0.4) is 0 Å². The number of aromatic amines is 1. The van der Waals surface area contributed by atoms with Gasteiger partial charge in [0, 0.05) is 65.8 Å². The molecule has 0 saturated heterocycles. The van der Waals surface area contributed by atoms with Crippen LogP contribution >= 0.6 is 23.4 Å². The Labute approximate surface area is 310 Å². The molecule has 0 bridgehead atoms. The third-order valence-electron chi connectivity index (χ3n) is 9.79. The Kier molecular flexibility index (Phi) is 14.6. The van der Waals surface area contributed by atoms with Gasteiger partial charge in [0.2, 0.25) is 11.8 Å². The van der Waals surface area contributed by atoms with Crippen molar-refractivity contribution in [3.8, 4) is 0 Å². The number of carbonyl (C=O) groups is 3. The first-order valence-electron chi connectivity index (χ1n) is 18.0. The molecule has 3 atom stereocenters. The van der Waals surface area contributed by atoms with E-state index in [1.807, 2.05) is 67.8 Å². The number of amides is 2. The molecule has 0 aliphatic carbocycles. The lowest BCUT2D eigenvalue weighted by molar-refractivity contribution is -0.143. The van der Waals surface area contributed by atoms with Gasteiger partial charge in [-0.05, 0) is 80.7 Å². The number of benzene rings is 3. The largest absolute Gasteiger partial charge is 0.361 e. The molecule has 1 aromatic heterocycles. The van der Waals surface area contributed by atoms with Crippen LogP contribution in [0.2, 0.25) is 5.02 Å². The first-order valence-corrected chi connectivity index (χ1v) is 19.2. The molecule has 4 aromatic rings. The molecule has 0 radical (unpaired) electrons. The second kappa shape index (κ2) is 19.2. The normalized spacial score (nSPS) is 19.4. The summed E-state index contributed by atoms with van der Waals surface area (Å²) in [7, 11) is 3.62. The van der Waals surface area contributed by atoms with Crippen LogP contribution in [0.5, 0.6) is 0 Å². The van der Waals surface area contributed by atoms with E-state index in [1.54, 1.807) is 23.7 Å². The molecule has 0 unspecified atom stereocenters. The number of fused-ring (bicyclic) bond motifs is 3. The van der Waals surface area contributed by atoms with Crippen LogP contribution in [0.25, 0.3) is 10.9 Å². The molecule has 0 saturated carbocycles. The molecule has 1 aliphatic rings. The van der Waals surface area contributed by atoms with Gasteiger partial charge in [0.05, 0.1) is 11.1 Å². The van der Waals surface area contributed by atoms with E-state index in [2.05, 4.69) is 33.1 Å². The Hall–Kier alpha value is -3.67.